The first-order valence-electron chi connectivity index (χ1n) is 12.3. The molecule has 34 heavy (non-hydrogen) atoms. The minimum absolute atomic E-state index is 0.0779. The van der Waals surface area contributed by atoms with Gasteiger partial charge in [-0.05, 0) is 55.2 Å². The molecule has 1 fully saturated rings. The Morgan fingerprint density at radius 2 is 1.79 bits per heavy atom. The summed E-state index contributed by atoms with van der Waals surface area (Å²) in [5.41, 5.74) is 4.65. The molecule has 1 N–H and O–H groups in total. The largest absolute Gasteiger partial charge is 0.330 e. The van der Waals surface area contributed by atoms with Crippen molar-refractivity contribution in [1.82, 2.24) is 14.3 Å². The molecule has 2 atom stereocenters. The van der Waals surface area contributed by atoms with E-state index in [9.17, 15) is 4.79 Å². The Morgan fingerprint density at radius 3 is 2.65 bits per heavy atom. The van der Waals surface area contributed by atoms with Crippen LogP contribution in [0.25, 0.3) is 11.5 Å². The standard InChI is InChI=1S/C28H29N5O/c34-28(32-18-14-22-9-4-5-13-26(22)32)23-10-8-15-30(20-23)21-24-19-29-33(25-11-2-1-3-12-25)27(24)31-16-6-7-17-31/h1-7,9,11-13,16-17,19,23H,8,10,14-15,18,20-21H2/p+1. The molecule has 0 radical (unpaired) electrons. The number of nitrogens with zero attached hydrogens (tertiary/aromatic N) is 4. The van der Waals surface area contributed by atoms with E-state index >= 15 is 0 Å². The summed E-state index contributed by atoms with van der Waals surface area (Å²) in [7, 11) is 0. The predicted molar refractivity (Wildman–Crippen MR) is 133 cm³/mol. The van der Waals surface area contributed by atoms with Gasteiger partial charge in [-0.2, -0.15) is 5.10 Å². The average Bonchev–Trinajstić information content (AvgIpc) is 3.64. The van der Waals surface area contributed by atoms with Gasteiger partial charge < -0.3 is 14.4 Å². The number of rotatable bonds is 5. The number of anilines is 1. The number of piperidine rings is 1. The first-order chi connectivity index (χ1) is 16.8. The SMILES string of the molecule is O=C(C1CCC[NH+](Cc2cnn(-c3ccccc3)c2-n2cccc2)C1)N1CCc2ccccc21. The summed E-state index contributed by atoms with van der Waals surface area (Å²) in [6.07, 6.45) is 9.16. The zero-order valence-corrected chi connectivity index (χ0v) is 19.3. The zero-order valence-electron chi connectivity index (χ0n) is 19.3. The van der Waals surface area contributed by atoms with Crippen LogP contribution in [0, 0.1) is 5.92 Å². The van der Waals surface area contributed by atoms with Crippen molar-refractivity contribution in [2.24, 2.45) is 5.92 Å². The number of carbonyl (C=O) groups excluding carboxylic acids is 1. The summed E-state index contributed by atoms with van der Waals surface area (Å²) in [6, 6.07) is 22.7. The molecule has 6 rings (SSSR count). The Balaban J connectivity index is 1.23. The van der Waals surface area contributed by atoms with E-state index in [2.05, 4.69) is 47.3 Å². The molecule has 2 unspecified atom stereocenters. The molecule has 2 aliphatic rings. The Labute approximate surface area is 200 Å². The molecular formula is C28H30N5O+. The van der Waals surface area contributed by atoms with Crippen molar-refractivity contribution >= 4 is 11.6 Å². The fourth-order valence-corrected chi connectivity index (χ4v) is 5.59. The molecular weight excluding hydrogens is 422 g/mol. The van der Waals surface area contributed by atoms with Crippen molar-refractivity contribution in [3.8, 4) is 11.5 Å². The Morgan fingerprint density at radius 1 is 1.00 bits per heavy atom. The van der Waals surface area contributed by atoms with Crippen LogP contribution < -0.4 is 9.80 Å². The van der Waals surface area contributed by atoms with Crippen molar-refractivity contribution in [3.05, 3.63) is 96.4 Å². The molecule has 2 aromatic carbocycles. The van der Waals surface area contributed by atoms with E-state index in [0.29, 0.717) is 5.91 Å². The fraction of sp³-hybridized carbons (Fsp3) is 0.286. The molecule has 2 aromatic heterocycles. The third-order valence-electron chi connectivity index (χ3n) is 7.23. The van der Waals surface area contributed by atoms with E-state index in [1.165, 1.54) is 16.0 Å². The number of hydrogen-bond acceptors (Lipinski definition) is 2. The zero-order chi connectivity index (χ0) is 22.9. The normalized spacial score (nSPS) is 19.8. The molecule has 4 aromatic rings. The van der Waals surface area contributed by atoms with Crippen molar-refractivity contribution in [2.45, 2.75) is 25.8 Å². The number of hydrogen-bond donors (Lipinski definition) is 1. The lowest BCUT2D eigenvalue weighted by molar-refractivity contribution is -0.921. The van der Waals surface area contributed by atoms with E-state index < -0.39 is 0 Å². The Bertz CT molecular complexity index is 1280. The third kappa shape index (κ3) is 3.84. The van der Waals surface area contributed by atoms with Crippen LogP contribution in [0.3, 0.4) is 0 Å². The summed E-state index contributed by atoms with van der Waals surface area (Å²) < 4.78 is 4.16. The van der Waals surface area contributed by atoms with Gasteiger partial charge in [0, 0.05) is 24.6 Å². The maximum Gasteiger partial charge on any atom is 0.235 e. The molecule has 1 amide bonds. The van der Waals surface area contributed by atoms with Crippen molar-refractivity contribution in [1.29, 1.82) is 0 Å². The van der Waals surface area contributed by atoms with Crippen LogP contribution in [0.5, 0.6) is 0 Å². The maximum absolute atomic E-state index is 13.5. The fourth-order valence-electron chi connectivity index (χ4n) is 5.59. The minimum atomic E-state index is 0.0779. The molecule has 0 bridgehead atoms. The second-order valence-electron chi connectivity index (χ2n) is 9.42. The van der Waals surface area contributed by atoms with E-state index in [1.807, 2.05) is 52.2 Å². The van der Waals surface area contributed by atoms with Crippen LogP contribution in [0.15, 0.2) is 85.3 Å². The number of fused-ring (bicyclic) bond motifs is 1. The number of nitrogens with one attached hydrogen (secondary N) is 1. The van der Waals surface area contributed by atoms with Gasteiger partial charge in [0.05, 0.1) is 36.5 Å². The number of amides is 1. The monoisotopic (exact) mass is 452 g/mol. The van der Waals surface area contributed by atoms with Gasteiger partial charge in [-0.1, -0.05) is 36.4 Å². The van der Waals surface area contributed by atoms with E-state index in [4.69, 9.17) is 5.10 Å². The second-order valence-corrected chi connectivity index (χ2v) is 9.42. The molecule has 1 saturated heterocycles. The molecule has 0 spiro atoms. The molecule has 6 nitrogen and oxygen atoms in total. The number of quaternary nitrogens is 1. The third-order valence-corrected chi connectivity index (χ3v) is 7.23. The van der Waals surface area contributed by atoms with Crippen molar-refractivity contribution in [2.75, 3.05) is 24.5 Å². The Hall–Kier alpha value is -3.64. The summed E-state index contributed by atoms with van der Waals surface area (Å²) in [5.74, 6) is 1.45. The highest BCUT2D eigenvalue weighted by Crippen LogP contribution is 2.29. The molecule has 4 heterocycles. The van der Waals surface area contributed by atoms with Crippen LogP contribution in [0.2, 0.25) is 0 Å². The van der Waals surface area contributed by atoms with E-state index in [1.54, 1.807) is 0 Å². The van der Waals surface area contributed by atoms with Crippen molar-refractivity contribution < 1.29 is 9.69 Å². The predicted octanol–water partition coefficient (Wildman–Crippen LogP) is 3.05. The minimum Gasteiger partial charge on any atom is -0.330 e. The molecule has 0 saturated carbocycles. The molecule has 172 valence electrons. The summed E-state index contributed by atoms with van der Waals surface area (Å²) in [4.78, 5) is 17.0. The first kappa shape index (κ1) is 20.9. The summed E-state index contributed by atoms with van der Waals surface area (Å²) in [6.45, 7) is 3.63. The first-order valence-corrected chi connectivity index (χ1v) is 12.3. The maximum atomic E-state index is 13.5. The van der Waals surface area contributed by atoms with Crippen LogP contribution >= 0.6 is 0 Å². The quantitative estimate of drug-likeness (QED) is 0.506. The smallest absolute Gasteiger partial charge is 0.235 e. The number of carbonyl (C=O) groups is 1. The van der Waals surface area contributed by atoms with Gasteiger partial charge in [-0.25, -0.2) is 4.68 Å². The van der Waals surface area contributed by atoms with E-state index in [-0.39, 0.29) is 5.92 Å². The van der Waals surface area contributed by atoms with Crippen LogP contribution in [0.4, 0.5) is 5.69 Å². The number of benzene rings is 2. The van der Waals surface area contributed by atoms with Crippen LogP contribution in [0.1, 0.15) is 24.0 Å². The van der Waals surface area contributed by atoms with Crippen LogP contribution in [-0.4, -0.2) is 39.9 Å². The van der Waals surface area contributed by atoms with Gasteiger partial charge in [0.15, 0.2) is 0 Å². The highest BCUT2D eigenvalue weighted by atomic mass is 16.2. The van der Waals surface area contributed by atoms with Gasteiger partial charge in [0.25, 0.3) is 0 Å². The lowest BCUT2D eigenvalue weighted by Crippen LogP contribution is -3.12. The number of aromatic nitrogens is 3. The Kier molecular flexibility index (Phi) is 5.51. The van der Waals surface area contributed by atoms with Gasteiger partial charge in [-0.15, -0.1) is 0 Å². The van der Waals surface area contributed by atoms with Gasteiger partial charge in [0.2, 0.25) is 5.91 Å². The topological polar surface area (TPSA) is 47.5 Å². The average molecular weight is 453 g/mol. The van der Waals surface area contributed by atoms with Crippen LogP contribution in [-0.2, 0) is 17.8 Å². The molecule has 2 aliphatic heterocycles. The number of likely N-dealkylation sites (tertiary alicyclic amines) is 1. The summed E-state index contributed by atoms with van der Waals surface area (Å²) >= 11 is 0. The summed E-state index contributed by atoms with van der Waals surface area (Å²) in [5, 5.41) is 4.76. The highest BCUT2D eigenvalue weighted by Gasteiger charge is 2.35. The second kappa shape index (κ2) is 8.95. The molecule has 0 aliphatic carbocycles. The lowest BCUT2D eigenvalue weighted by atomic mass is 9.96. The van der Waals surface area contributed by atoms with Crippen molar-refractivity contribution in [3.63, 3.8) is 0 Å². The highest BCUT2D eigenvalue weighted by molar-refractivity contribution is 5.97. The van der Waals surface area contributed by atoms with Gasteiger partial charge in [0.1, 0.15) is 12.4 Å². The van der Waals surface area contributed by atoms with Gasteiger partial charge >= 0.3 is 0 Å². The van der Waals surface area contributed by atoms with E-state index in [0.717, 1.165) is 62.6 Å². The molecule has 6 heteroatoms. The lowest BCUT2D eigenvalue weighted by Gasteiger charge is -2.31. The van der Waals surface area contributed by atoms with Gasteiger partial charge in [-0.3, -0.25) is 4.79 Å². The number of para-hydroxylation sites is 2.